The fraction of sp³-hybridized carbons (Fsp3) is 0.500. The van der Waals surface area contributed by atoms with E-state index in [1.807, 2.05) is 13.8 Å². The topological polar surface area (TPSA) is 80.0 Å². The Balaban J connectivity index is 2.12. The maximum absolute atomic E-state index is 12.1. The first-order valence-electron chi connectivity index (χ1n) is 5.74. The molecule has 1 aromatic rings. The Bertz CT molecular complexity index is 457. The van der Waals surface area contributed by atoms with Gasteiger partial charge in [0.2, 0.25) is 0 Å². The maximum Gasteiger partial charge on any atom is 0.338 e. The quantitative estimate of drug-likeness (QED) is 0.857. The number of amides is 1. The molecular weight excluding hydrogens is 238 g/mol. The smallest absolute Gasteiger partial charge is 0.338 e. The Morgan fingerprint density at radius 2 is 1.94 bits per heavy atom. The van der Waals surface area contributed by atoms with Gasteiger partial charge in [0, 0.05) is 19.2 Å². The lowest BCUT2D eigenvalue weighted by Gasteiger charge is -2.34. The fourth-order valence-corrected chi connectivity index (χ4v) is 2.06. The summed E-state index contributed by atoms with van der Waals surface area (Å²) >= 11 is 0. The minimum atomic E-state index is -1.11. The minimum Gasteiger partial charge on any atom is -0.478 e. The van der Waals surface area contributed by atoms with Gasteiger partial charge in [-0.1, -0.05) is 0 Å². The second-order valence-corrected chi connectivity index (χ2v) is 4.47. The molecule has 0 spiro atoms. The maximum atomic E-state index is 12.1. The summed E-state index contributed by atoms with van der Waals surface area (Å²) in [5.41, 5.74) is -0.0206. The molecular formula is C12H15NO5. The zero-order valence-corrected chi connectivity index (χ0v) is 10.3. The first-order valence-corrected chi connectivity index (χ1v) is 5.74. The lowest BCUT2D eigenvalue weighted by Crippen LogP contribution is -2.48. The van der Waals surface area contributed by atoms with E-state index in [1.165, 1.54) is 6.07 Å². The summed E-state index contributed by atoms with van der Waals surface area (Å²) in [5, 5.41) is 8.77. The fourth-order valence-electron chi connectivity index (χ4n) is 2.06. The molecule has 1 N–H and O–H groups in total. The molecule has 1 saturated heterocycles. The molecule has 6 nitrogen and oxygen atoms in total. The molecule has 2 heterocycles. The normalized spacial score (nSPS) is 24.0. The molecule has 2 unspecified atom stereocenters. The Labute approximate surface area is 104 Å². The Hall–Kier alpha value is -1.82. The van der Waals surface area contributed by atoms with E-state index in [1.54, 1.807) is 4.90 Å². The number of carbonyl (C=O) groups is 2. The zero-order valence-electron chi connectivity index (χ0n) is 10.3. The lowest BCUT2D eigenvalue weighted by molar-refractivity contribution is -0.0592. The SMILES string of the molecule is CC1CN(C(=O)c2cc(C(=O)O)co2)CC(C)O1. The Morgan fingerprint density at radius 3 is 2.44 bits per heavy atom. The molecule has 0 saturated carbocycles. The van der Waals surface area contributed by atoms with Crippen molar-refractivity contribution < 1.29 is 23.8 Å². The summed E-state index contributed by atoms with van der Waals surface area (Å²) in [5.74, 6) is -1.36. The van der Waals surface area contributed by atoms with Crippen LogP contribution in [-0.4, -0.2) is 47.2 Å². The first kappa shape index (κ1) is 12.6. The monoisotopic (exact) mass is 253 g/mol. The van der Waals surface area contributed by atoms with Gasteiger partial charge >= 0.3 is 5.97 Å². The zero-order chi connectivity index (χ0) is 13.3. The summed E-state index contributed by atoms with van der Waals surface area (Å²) in [6.07, 6.45) is 1.00. The Kier molecular flexibility index (Phi) is 3.38. The molecule has 0 radical (unpaired) electrons. The van der Waals surface area contributed by atoms with Crippen molar-refractivity contribution in [1.82, 2.24) is 4.90 Å². The van der Waals surface area contributed by atoms with Crippen LogP contribution in [0.5, 0.6) is 0 Å². The molecule has 1 aliphatic heterocycles. The summed E-state index contributed by atoms with van der Waals surface area (Å²) in [6.45, 7) is 4.74. The number of aromatic carboxylic acids is 1. The van der Waals surface area contributed by atoms with Gasteiger partial charge in [-0.15, -0.1) is 0 Å². The number of nitrogens with zero attached hydrogens (tertiary/aromatic N) is 1. The molecule has 98 valence electrons. The van der Waals surface area contributed by atoms with Crippen molar-refractivity contribution in [3.8, 4) is 0 Å². The van der Waals surface area contributed by atoms with Gasteiger partial charge in [0.25, 0.3) is 5.91 Å². The highest BCUT2D eigenvalue weighted by Gasteiger charge is 2.28. The molecule has 1 fully saturated rings. The second-order valence-electron chi connectivity index (χ2n) is 4.47. The minimum absolute atomic E-state index is 0.0206. The van der Waals surface area contributed by atoms with Gasteiger partial charge in [0.15, 0.2) is 5.76 Å². The number of rotatable bonds is 2. The number of ether oxygens (including phenoxy) is 1. The number of carbonyl (C=O) groups excluding carboxylic acids is 1. The molecule has 1 aliphatic rings. The van der Waals surface area contributed by atoms with Gasteiger partial charge in [-0.2, -0.15) is 0 Å². The van der Waals surface area contributed by atoms with Gasteiger partial charge < -0.3 is 19.2 Å². The third kappa shape index (κ3) is 2.53. The third-order valence-corrected chi connectivity index (χ3v) is 2.76. The molecule has 0 aliphatic carbocycles. The van der Waals surface area contributed by atoms with Crippen molar-refractivity contribution in [2.45, 2.75) is 26.1 Å². The van der Waals surface area contributed by atoms with E-state index in [-0.39, 0.29) is 29.4 Å². The van der Waals surface area contributed by atoms with Gasteiger partial charge in [0.1, 0.15) is 6.26 Å². The summed E-state index contributed by atoms with van der Waals surface area (Å²) < 4.78 is 10.5. The highest BCUT2D eigenvalue weighted by molar-refractivity contribution is 5.95. The number of furan rings is 1. The van der Waals surface area contributed by atoms with E-state index in [2.05, 4.69) is 0 Å². The number of morpholine rings is 1. The average molecular weight is 253 g/mol. The first-order chi connectivity index (χ1) is 8.47. The van der Waals surface area contributed by atoms with Crippen LogP contribution in [0.15, 0.2) is 16.7 Å². The van der Waals surface area contributed by atoms with Crippen LogP contribution in [0.1, 0.15) is 34.8 Å². The van der Waals surface area contributed by atoms with Crippen molar-refractivity contribution in [3.63, 3.8) is 0 Å². The van der Waals surface area contributed by atoms with Gasteiger partial charge in [-0.05, 0) is 13.8 Å². The lowest BCUT2D eigenvalue weighted by atomic mass is 10.2. The van der Waals surface area contributed by atoms with Gasteiger partial charge in [0.05, 0.1) is 17.8 Å². The van der Waals surface area contributed by atoms with E-state index in [4.69, 9.17) is 14.3 Å². The number of carboxylic acids is 1. The third-order valence-electron chi connectivity index (χ3n) is 2.76. The number of hydrogen-bond acceptors (Lipinski definition) is 4. The largest absolute Gasteiger partial charge is 0.478 e. The predicted octanol–water partition coefficient (Wildman–Crippen LogP) is 1.23. The van der Waals surface area contributed by atoms with E-state index < -0.39 is 5.97 Å². The summed E-state index contributed by atoms with van der Waals surface area (Å²) in [4.78, 5) is 24.4. The molecule has 0 aromatic carbocycles. The van der Waals surface area contributed by atoms with Crippen LogP contribution in [0, 0.1) is 0 Å². The molecule has 2 rings (SSSR count). The van der Waals surface area contributed by atoms with Crippen molar-refractivity contribution in [2.24, 2.45) is 0 Å². The van der Waals surface area contributed by atoms with E-state index in [9.17, 15) is 9.59 Å². The molecule has 2 atom stereocenters. The van der Waals surface area contributed by atoms with Crippen LogP contribution in [0.2, 0.25) is 0 Å². The molecule has 18 heavy (non-hydrogen) atoms. The Morgan fingerprint density at radius 1 is 1.33 bits per heavy atom. The van der Waals surface area contributed by atoms with E-state index in [0.717, 1.165) is 6.26 Å². The van der Waals surface area contributed by atoms with E-state index in [0.29, 0.717) is 13.1 Å². The summed E-state index contributed by atoms with van der Waals surface area (Å²) in [7, 11) is 0. The van der Waals surface area contributed by atoms with Crippen LogP contribution < -0.4 is 0 Å². The highest BCUT2D eigenvalue weighted by atomic mass is 16.5. The van der Waals surface area contributed by atoms with Crippen LogP contribution in [0.3, 0.4) is 0 Å². The van der Waals surface area contributed by atoms with Crippen molar-refractivity contribution in [2.75, 3.05) is 13.1 Å². The van der Waals surface area contributed by atoms with Crippen LogP contribution in [-0.2, 0) is 4.74 Å². The van der Waals surface area contributed by atoms with Crippen LogP contribution in [0.25, 0.3) is 0 Å². The molecule has 1 amide bonds. The second kappa shape index (κ2) is 4.81. The summed E-state index contributed by atoms with van der Waals surface area (Å²) in [6, 6.07) is 1.25. The molecule has 1 aromatic heterocycles. The standard InChI is InChI=1S/C12H15NO5/c1-7-4-13(5-8(2)18-7)11(14)10-3-9(6-17-10)12(15)16/h3,6-8H,4-5H2,1-2H3,(H,15,16). The molecule has 6 heteroatoms. The van der Waals surface area contributed by atoms with Crippen molar-refractivity contribution in [3.05, 3.63) is 23.7 Å². The van der Waals surface area contributed by atoms with Crippen LogP contribution >= 0.6 is 0 Å². The number of hydrogen-bond donors (Lipinski definition) is 1. The van der Waals surface area contributed by atoms with Gasteiger partial charge in [-0.25, -0.2) is 4.79 Å². The van der Waals surface area contributed by atoms with E-state index >= 15 is 0 Å². The van der Waals surface area contributed by atoms with Crippen molar-refractivity contribution >= 4 is 11.9 Å². The van der Waals surface area contributed by atoms with Gasteiger partial charge in [-0.3, -0.25) is 4.79 Å². The number of carboxylic acid groups (broad SMARTS) is 1. The van der Waals surface area contributed by atoms with Crippen LogP contribution in [0.4, 0.5) is 0 Å². The molecule has 0 bridgehead atoms. The average Bonchev–Trinajstić information content (AvgIpc) is 2.75. The van der Waals surface area contributed by atoms with Crippen molar-refractivity contribution in [1.29, 1.82) is 0 Å². The predicted molar refractivity (Wildman–Crippen MR) is 61.6 cm³/mol. The highest BCUT2D eigenvalue weighted by Crippen LogP contribution is 2.16.